The molecule has 0 spiro atoms. The highest BCUT2D eigenvalue weighted by Crippen LogP contribution is 2.28. The van der Waals surface area contributed by atoms with Crippen molar-refractivity contribution >= 4 is 75.6 Å². The summed E-state index contributed by atoms with van der Waals surface area (Å²) >= 11 is 0. The first-order valence-electron chi connectivity index (χ1n) is 10.5. The first-order chi connectivity index (χ1) is 15.3. The third kappa shape index (κ3) is 6.68. The predicted octanol–water partition coefficient (Wildman–Crippen LogP) is 4.45. The van der Waals surface area contributed by atoms with Crippen LogP contribution in [-0.4, -0.2) is 62.1 Å². The van der Waals surface area contributed by atoms with Crippen molar-refractivity contribution in [1.82, 2.24) is 9.88 Å². The SMILES string of the molecule is CCN1CCN(c2cc(C(=O)O)c3cc(NS(=O)(=O)c4ccccc4C)ccc3n2)CC1.Cl.Cl.Cl. The predicted molar refractivity (Wildman–Crippen MR) is 147 cm³/mol. The van der Waals surface area contributed by atoms with E-state index in [1.165, 1.54) is 12.1 Å². The number of sulfonamides is 1. The molecule has 1 saturated heterocycles. The van der Waals surface area contributed by atoms with Crippen molar-refractivity contribution < 1.29 is 18.3 Å². The molecule has 0 saturated carbocycles. The van der Waals surface area contributed by atoms with Crippen molar-refractivity contribution in [2.45, 2.75) is 18.7 Å². The summed E-state index contributed by atoms with van der Waals surface area (Å²) in [5.41, 5.74) is 1.52. The van der Waals surface area contributed by atoms with E-state index in [0.29, 0.717) is 22.3 Å². The van der Waals surface area contributed by atoms with Crippen LogP contribution >= 0.6 is 37.2 Å². The number of pyridine rings is 1. The Hall–Kier alpha value is -2.30. The van der Waals surface area contributed by atoms with E-state index in [1.807, 2.05) is 0 Å². The van der Waals surface area contributed by atoms with Crippen LogP contribution in [-0.2, 0) is 10.0 Å². The van der Waals surface area contributed by atoms with Crippen LogP contribution < -0.4 is 9.62 Å². The smallest absolute Gasteiger partial charge is 0.336 e. The summed E-state index contributed by atoms with van der Waals surface area (Å²) in [5.74, 6) is -0.455. The zero-order chi connectivity index (χ0) is 22.9. The minimum atomic E-state index is -3.81. The molecule has 1 fully saturated rings. The van der Waals surface area contributed by atoms with Crippen LogP contribution in [0.2, 0.25) is 0 Å². The molecule has 0 radical (unpaired) electrons. The van der Waals surface area contributed by atoms with E-state index in [4.69, 9.17) is 0 Å². The molecular formula is C23H29Cl3N4O4S. The lowest BCUT2D eigenvalue weighted by molar-refractivity contribution is 0.0699. The third-order valence-electron chi connectivity index (χ3n) is 5.80. The maximum Gasteiger partial charge on any atom is 0.336 e. The second-order valence-corrected chi connectivity index (χ2v) is 9.51. The number of hydrogen-bond acceptors (Lipinski definition) is 6. The summed E-state index contributed by atoms with van der Waals surface area (Å²) in [6, 6.07) is 13.1. The van der Waals surface area contributed by atoms with Crippen LogP contribution in [0.1, 0.15) is 22.8 Å². The van der Waals surface area contributed by atoms with Crippen molar-refractivity contribution in [1.29, 1.82) is 0 Å². The van der Waals surface area contributed by atoms with Gasteiger partial charge in [0.2, 0.25) is 0 Å². The van der Waals surface area contributed by atoms with Gasteiger partial charge in [-0.15, -0.1) is 37.2 Å². The summed E-state index contributed by atoms with van der Waals surface area (Å²) < 4.78 is 28.2. The Morgan fingerprint density at radius 2 is 1.69 bits per heavy atom. The lowest BCUT2D eigenvalue weighted by Gasteiger charge is -2.35. The number of benzene rings is 2. The quantitative estimate of drug-likeness (QED) is 0.457. The first kappa shape index (κ1) is 30.7. The number of halogens is 3. The van der Waals surface area contributed by atoms with E-state index in [2.05, 4.69) is 26.4 Å². The zero-order valence-corrected chi connectivity index (χ0v) is 22.6. The van der Waals surface area contributed by atoms with Crippen molar-refractivity contribution in [2.24, 2.45) is 0 Å². The number of anilines is 2. The molecular weight excluding hydrogens is 535 g/mol. The second kappa shape index (κ2) is 12.6. The van der Waals surface area contributed by atoms with Crippen LogP contribution in [0.15, 0.2) is 53.4 Å². The maximum atomic E-state index is 12.8. The topological polar surface area (TPSA) is 103 Å². The maximum absolute atomic E-state index is 12.8. The molecule has 2 N–H and O–H groups in total. The van der Waals surface area contributed by atoms with Gasteiger partial charge in [-0.2, -0.15) is 0 Å². The van der Waals surface area contributed by atoms with Crippen LogP contribution in [0.4, 0.5) is 11.5 Å². The zero-order valence-electron chi connectivity index (χ0n) is 19.3. The Morgan fingerprint density at radius 1 is 1.03 bits per heavy atom. The number of nitrogens with one attached hydrogen (secondary N) is 1. The van der Waals surface area contributed by atoms with E-state index in [0.717, 1.165) is 32.7 Å². The summed E-state index contributed by atoms with van der Waals surface area (Å²) in [4.78, 5) is 21.3. The number of likely N-dealkylation sites (N-methyl/N-ethyl adjacent to an activating group) is 1. The highest BCUT2D eigenvalue weighted by atomic mass is 35.5. The number of aromatic nitrogens is 1. The molecule has 8 nitrogen and oxygen atoms in total. The Bertz CT molecular complexity index is 1280. The summed E-state index contributed by atoms with van der Waals surface area (Å²) in [6.45, 7) is 8.19. The Balaban J connectivity index is 0.00000204. The van der Waals surface area contributed by atoms with Gasteiger partial charge in [0.1, 0.15) is 5.82 Å². The minimum Gasteiger partial charge on any atom is -0.478 e. The molecule has 0 atom stereocenters. The molecule has 2 aromatic carbocycles. The van der Waals surface area contributed by atoms with Gasteiger partial charge in [0.25, 0.3) is 10.0 Å². The standard InChI is InChI=1S/C23H26N4O4S.3ClH/c1-3-26-10-12-27(13-11-26)22-15-19(23(28)29)18-14-17(8-9-20(18)24-22)25-32(30,31)21-7-5-4-6-16(21)2;;;/h4-9,14-15,25H,3,10-13H2,1-2H3,(H,28,29);3*1H. The molecule has 0 amide bonds. The number of carboxylic acids is 1. The first-order valence-corrected chi connectivity index (χ1v) is 12.0. The largest absolute Gasteiger partial charge is 0.478 e. The summed E-state index contributed by atoms with van der Waals surface area (Å²) in [7, 11) is -3.81. The van der Waals surface area contributed by atoms with Crippen LogP contribution in [0, 0.1) is 6.92 Å². The molecule has 4 rings (SSSR count). The number of nitrogens with zero attached hydrogens (tertiary/aromatic N) is 3. The summed E-state index contributed by atoms with van der Waals surface area (Å²) in [5, 5.41) is 10.2. The summed E-state index contributed by atoms with van der Waals surface area (Å²) in [6.07, 6.45) is 0. The third-order valence-corrected chi connectivity index (χ3v) is 7.35. The Labute approximate surface area is 224 Å². The number of carbonyl (C=O) groups is 1. The van der Waals surface area contributed by atoms with E-state index in [-0.39, 0.29) is 53.4 Å². The molecule has 35 heavy (non-hydrogen) atoms. The average Bonchev–Trinajstić information content (AvgIpc) is 2.78. The van der Waals surface area contributed by atoms with Crippen molar-refractivity contribution in [2.75, 3.05) is 42.3 Å². The number of carboxylic acid groups (broad SMARTS) is 1. The van der Waals surface area contributed by atoms with Gasteiger partial charge in [0, 0.05) is 37.3 Å². The number of aryl methyl sites for hydroxylation is 1. The lowest BCUT2D eigenvalue weighted by Crippen LogP contribution is -2.46. The average molecular weight is 564 g/mol. The number of aromatic carboxylic acids is 1. The van der Waals surface area contributed by atoms with E-state index in [1.54, 1.807) is 43.3 Å². The fourth-order valence-corrected chi connectivity index (χ4v) is 5.27. The Kier molecular flexibility index (Phi) is 11.1. The molecule has 0 unspecified atom stereocenters. The minimum absolute atomic E-state index is 0. The molecule has 0 bridgehead atoms. The van der Waals surface area contributed by atoms with E-state index >= 15 is 0 Å². The number of hydrogen-bond donors (Lipinski definition) is 2. The van der Waals surface area contributed by atoms with E-state index < -0.39 is 16.0 Å². The van der Waals surface area contributed by atoms with Gasteiger partial charge in [-0.3, -0.25) is 4.72 Å². The number of piperazine rings is 1. The van der Waals surface area contributed by atoms with Gasteiger partial charge in [0.05, 0.1) is 16.0 Å². The molecule has 12 heteroatoms. The van der Waals surface area contributed by atoms with Gasteiger partial charge in [-0.1, -0.05) is 25.1 Å². The van der Waals surface area contributed by atoms with Gasteiger partial charge >= 0.3 is 5.97 Å². The number of rotatable bonds is 6. The molecule has 1 aromatic heterocycles. The molecule has 0 aliphatic carbocycles. The highest BCUT2D eigenvalue weighted by molar-refractivity contribution is 7.92. The van der Waals surface area contributed by atoms with Crippen LogP contribution in [0.5, 0.6) is 0 Å². The van der Waals surface area contributed by atoms with Gasteiger partial charge in [-0.25, -0.2) is 18.2 Å². The normalized spacial score (nSPS) is 13.8. The second-order valence-electron chi connectivity index (χ2n) is 7.86. The van der Waals surface area contributed by atoms with Crippen molar-refractivity contribution in [3.8, 4) is 0 Å². The molecule has 1 aliphatic rings. The molecule has 3 aromatic rings. The fourth-order valence-electron chi connectivity index (χ4n) is 3.98. The van der Waals surface area contributed by atoms with Gasteiger partial charge in [-0.05, 0) is 49.4 Å². The molecule has 192 valence electrons. The molecule has 1 aliphatic heterocycles. The highest BCUT2D eigenvalue weighted by Gasteiger charge is 2.21. The lowest BCUT2D eigenvalue weighted by atomic mass is 10.1. The molecule has 2 heterocycles. The Morgan fingerprint density at radius 3 is 2.29 bits per heavy atom. The monoisotopic (exact) mass is 562 g/mol. The van der Waals surface area contributed by atoms with Gasteiger partial charge in [0.15, 0.2) is 0 Å². The van der Waals surface area contributed by atoms with Crippen LogP contribution in [0.25, 0.3) is 10.9 Å². The van der Waals surface area contributed by atoms with Crippen molar-refractivity contribution in [3.63, 3.8) is 0 Å². The van der Waals surface area contributed by atoms with Crippen molar-refractivity contribution in [3.05, 3.63) is 59.7 Å². The van der Waals surface area contributed by atoms with Crippen LogP contribution in [0.3, 0.4) is 0 Å². The number of fused-ring (bicyclic) bond motifs is 1. The van der Waals surface area contributed by atoms with E-state index in [9.17, 15) is 18.3 Å². The fraction of sp³-hybridized carbons (Fsp3) is 0.304. The van der Waals surface area contributed by atoms with Gasteiger partial charge < -0.3 is 14.9 Å².